The Morgan fingerprint density at radius 3 is 2.07 bits per heavy atom. The Kier molecular flexibility index (Phi) is 12.3. The molecule has 160 valence electrons. The Hall–Kier alpha value is -1.99. The molecule has 0 rings (SSSR count). The molecule has 0 saturated heterocycles. The second kappa shape index (κ2) is 13.2. The molecule has 0 aliphatic rings. The smallest absolute Gasteiger partial charge is 0.326 e. The second-order valence-corrected chi connectivity index (χ2v) is 7.28. The van der Waals surface area contributed by atoms with E-state index in [1.165, 1.54) is 18.7 Å². The Morgan fingerprint density at radius 1 is 1.04 bits per heavy atom. The van der Waals surface area contributed by atoms with Gasteiger partial charge in [-0.1, -0.05) is 0 Å². The summed E-state index contributed by atoms with van der Waals surface area (Å²) in [6.45, 7) is 1.36. The molecular weight excluding hydrogens is 410 g/mol. The van der Waals surface area contributed by atoms with Crippen molar-refractivity contribution in [1.82, 2.24) is 16.0 Å². The summed E-state index contributed by atoms with van der Waals surface area (Å²) >= 11 is 5.28. The summed E-state index contributed by atoms with van der Waals surface area (Å²) in [5.74, 6) is -3.81. The number of rotatable bonds is 13. The van der Waals surface area contributed by atoms with Gasteiger partial charge >= 0.3 is 5.97 Å². The third kappa shape index (κ3) is 9.80. The van der Waals surface area contributed by atoms with Crippen LogP contribution in [0.25, 0.3) is 0 Å². The first kappa shape index (κ1) is 26.0. The third-order valence-corrected chi connectivity index (χ3v) is 4.59. The lowest BCUT2D eigenvalue weighted by molar-refractivity contribution is -0.142. The summed E-state index contributed by atoms with van der Waals surface area (Å²) in [6.07, 6.45) is 1.41. The molecule has 0 bridgehead atoms. The fraction of sp³-hybridized carbons (Fsp3) is 0.667. The second-order valence-electron chi connectivity index (χ2n) is 5.93. The molecule has 0 saturated carbocycles. The third-order valence-electron chi connectivity index (χ3n) is 3.55. The van der Waals surface area contributed by atoms with Gasteiger partial charge in [-0.2, -0.15) is 24.4 Å². The van der Waals surface area contributed by atoms with E-state index in [0.29, 0.717) is 5.75 Å². The van der Waals surface area contributed by atoms with Gasteiger partial charge in [-0.15, -0.1) is 0 Å². The lowest BCUT2D eigenvalue weighted by atomic mass is 10.1. The number of amides is 4. The number of thiol groups is 1. The van der Waals surface area contributed by atoms with Crippen molar-refractivity contribution < 1.29 is 29.1 Å². The zero-order chi connectivity index (χ0) is 21.9. The molecule has 0 aromatic carbocycles. The summed E-state index contributed by atoms with van der Waals surface area (Å²) in [7, 11) is 0. The summed E-state index contributed by atoms with van der Waals surface area (Å²) in [6, 6.07) is -4.55. The Bertz CT molecular complexity index is 591. The van der Waals surface area contributed by atoms with Crippen LogP contribution in [0.3, 0.4) is 0 Å². The topological polar surface area (TPSA) is 194 Å². The van der Waals surface area contributed by atoms with Crippen molar-refractivity contribution in [3.63, 3.8) is 0 Å². The van der Waals surface area contributed by atoms with Crippen molar-refractivity contribution in [2.24, 2.45) is 11.5 Å². The van der Waals surface area contributed by atoms with Gasteiger partial charge in [-0.3, -0.25) is 19.2 Å². The van der Waals surface area contributed by atoms with Gasteiger partial charge in [0.2, 0.25) is 23.6 Å². The summed E-state index contributed by atoms with van der Waals surface area (Å²) < 4.78 is 0. The van der Waals surface area contributed by atoms with Gasteiger partial charge in [0.25, 0.3) is 0 Å². The van der Waals surface area contributed by atoms with Crippen LogP contribution in [0.1, 0.15) is 19.8 Å². The van der Waals surface area contributed by atoms with E-state index in [1.54, 1.807) is 6.26 Å². The highest BCUT2D eigenvalue weighted by molar-refractivity contribution is 7.98. The van der Waals surface area contributed by atoms with Crippen molar-refractivity contribution in [2.75, 3.05) is 17.8 Å². The van der Waals surface area contributed by atoms with Crippen LogP contribution in [0.2, 0.25) is 0 Å². The Morgan fingerprint density at radius 2 is 1.61 bits per heavy atom. The molecule has 8 N–H and O–H groups in total. The minimum absolute atomic E-state index is 0.0689. The van der Waals surface area contributed by atoms with E-state index in [1.807, 2.05) is 0 Å². The molecule has 0 radical (unpaired) electrons. The van der Waals surface area contributed by atoms with E-state index < -0.39 is 60.2 Å². The Labute approximate surface area is 172 Å². The highest BCUT2D eigenvalue weighted by Gasteiger charge is 2.29. The number of nitrogens with one attached hydrogen (secondary N) is 3. The molecule has 0 heterocycles. The van der Waals surface area contributed by atoms with Crippen molar-refractivity contribution in [3.8, 4) is 0 Å². The number of hydrogen-bond acceptors (Lipinski definition) is 8. The largest absolute Gasteiger partial charge is 0.480 e. The molecule has 0 fully saturated rings. The lowest BCUT2D eigenvalue weighted by Gasteiger charge is -2.23. The van der Waals surface area contributed by atoms with Gasteiger partial charge < -0.3 is 32.5 Å². The first-order valence-electron chi connectivity index (χ1n) is 8.31. The monoisotopic (exact) mass is 437 g/mol. The van der Waals surface area contributed by atoms with Crippen LogP contribution in [-0.4, -0.2) is 76.6 Å². The number of carboxylic acid groups (broad SMARTS) is 1. The van der Waals surface area contributed by atoms with Gasteiger partial charge in [0.05, 0.1) is 12.5 Å². The van der Waals surface area contributed by atoms with Crippen LogP contribution in [0, 0.1) is 0 Å². The molecule has 0 aliphatic heterocycles. The number of carbonyl (C=O) groups excluding carboxylic acids is 4. The van der Waals surface area contributed by atoms with Crippen LogP contribution < -0.4 is 27.4 Å². The van der Waals surface area contributed by atoms with E-state index in [2.05, 4.69) is 28.6 Å². The molecule has 13 heteroatoms. The minimum atomic E-state index is -1.39. The molecule has 0 aliphatic carbocycles. The average Bonchev–Trinajstić information content (AvgIpc) is 2.62. The predicted molar refractivity (Wildman–Crippen MR) is 108 cm³/mol. The van der Waals surface area contributed by atoms with E-state index in [0.717, 1.165) is 0 Å². The van der Waals surface area contributed by atoms with E-state index in [-0.39, 0.29) is 12.2 Å². The van der Waals surface area contributed by atoms with Gasteiger partial charge in [0.1, 0.15) is 18.1 Å². The molecule has 4 unspecified atom stereocenters. The normalized spacial score (nSPS) is 14.9. The maximum Gasteiger partial charge on any atom is 0.326 e. The molecule has 4 atom stereocenters. The molecule has 4 amide bonds. The minimum Gasteiger partial charge on any atom is -0.480 e. The Balaban J connectivity index is 5.07. The maximum absolute atomic E-state index is 12.4. The van der Waals surface area contributed by atoms with Crippen LogP contribution in [0.5, 0.6) is 0 Å². The molecule has 0 aromatic heterocycles. The van der Waals surface area contributed by atoms with E-state index >= 15 is 0 Å². The summed E-state index contributed by atoms with van der Waals surface area (Å²) in [5.41, 5.74) is 10.6. The standard InChI is InChI=1S/C15H27N5O6S2/c1-7(18-13(23)8(16)6-27)12(22)20-10(5-11(17)21)14(24)19-9(15(25)26)3-4-28-2/h7-10,27H,3-6,16H2,1-2H3,(H2,17,21)(H,18,23)(H,19,24)(H,20,22)(H,25,26). The van der Waals surface area contributed by atoms with Crippen molar-refractivity contribution in [1.29, 1.82) is 0 Å². The quantitative estimate of drug-likeness (QED) is 0.153. The number of aliphatic carboxylic acids is 1. The summed E-state index contributed by atoms with van der Waals surface area (Å²) in [5, 5.41) is 16.1. The van der Waals surface area contributed by atoms with Crippen molar-refractivity contribution in [2.45, 2.75) is 43.9 Å². The van der Waals surface area contributed by atoms with Gasteiger partial charge in [0.15, 0.2) is 0 Å². The number of carboxylic acids is 1. The molecule has 28 heavy (non-hydrogen) atoms. The first-order valence-corrected chi connectivity index (χ1v) is 10.3. The zero-order valence-electron chi connectivity index (χ0n) is 15.6. The van der Waals surface area contributed by atoms with E-state index in [4.69, 9.17) is 11.5 Å². The SMILES string of the molecule is CSCCC(NC(=O)C(CC(N)=O)NC(=O)C(C)NC(=O)C(N)CS)C(=O)O. The van der Waals surface area contributed by atoms with Gasteiger partial charge in [-0.05, 0) is 25.4 Å². The number of primary amides is 1. The summed E-state index contributed by atoms with van der Waals surface area (Å²) in [4.78, 5) is 58.8. The zero-order valence-corrected chi connectivity index (χ0v) is 17.3. The van der Waals surface area contributed by atoms with E-state index in [9.17, 15) is 29.1 Å². The highest BCUT2D eigenvalue weighted by atomic mass is 32.2. The molecule has 0 spiro atoms. The van der Waals surface area contributed by atoms with Crippen LogP contribution in [-0.2, 0) is 24.0 Å². The molecule has 0 aromatic rings. The predicted octanol–water partition coefficient (Wildman–Crippen LogP) is -2.57. The van der Waals surface area contributed by atoms with Crippen LogP contribution >= 0.6 is 24.4 Å². The fourth-order valence-corrected chi connectivity index (χ4v) is 2.58. The molecule has 11 nitrogen and oxygen atoms in total. The maximum atomic E-state index is 12.4. The van der Waals surface area contributed by atoms with Crippen LogP contribution in [0.15, 0.2) is 0 Å². The highest BCUT2D eigenvalue weighted by Crippen LogP contribution is 2.03. The number of carbonyl (C=O) groups is 5. The number of nitrogens with two attached hydrogens (primary N) is 2. The van der Waals surface area contributed by atoms with Crippen molar-refractivity contribution >= 4 is 54.0 Å². The van der Waals surface area contributed by atoms with Crippen molar-refractivity contribution in [3.05, 3.63) is 0 Å². The average molecular weight is 438 g/mol. The number of hydrogen-bond donors (Lipinski definition) is 7. The fourth-order valence-electron chi connectivity index (χ4n) is 1.94. The van der Waals surface area contributed by atoms with Crippen LogP contribution in [0.4, 0.5) is 0 Å². The van der Waals surface area contributed by atoms with Gasteiger partial charge in [-0.25, -0.2) is 4.79 Å². The van der Waals surface area contributed by atoms with Gasteiger partial charge in [0, 0.05) is 5.75 Å². The molecular formula is C15H27N5O6S2. The number of thioether (sulfide) groups is 1. The lowest BCUT2D eigenvalue weighted by Crippen LogP contribution is -2.57. The first-order chi connectivity index (χ1) is 13.0.